The first-order valence-corrected chi connectivity index (χ1v) is 6.22. The Kier molecular flexibility index (Phi) is 3.53. The highest BCUT2D eigenvalue weighted by Crippen LogP contribution is 2.36. The molecular weight excluding hydrogens is 206 g/mol. The SMILES string of the molecule is CCCCCC1CNc2ccc(Cl)cc21. The van der Waals surface area contributed by atoms with Gasteiger partial charge in [0.25, 0.3) is 0 Å². The van der Waals surface area contributed by atoms with Gasteiger partial charge in [-0.15, -0.1) is 0 Å². The van der Waals surface area contributed by atoms with Gasteiger partial charge in [-0.1, -0.05) is 37.8 Å². The topological polar surface area (TPSA) is 12.0 Å². The fourth-order valence-electron chi connectivity index (χ4n) is 2.27. The number of rotatable bonds is 4. The maximum Gasteiger partial charge on any atom is 0.0410 e. The molecule has 1 aromatic rings. The second-order valence-electron chi connectivity index (χ2n) is 4.31. The smallest absolute Gasteiger partial charge is 0.0410 e. The van der Waals surface area contributed by atoms with E-state index in [0.29, 0.717) is 5.92 Å². The standard InChI is InChI=1S/C13H18ClN/c1-2-3-4-5-10-9-15-13-7-6-11(14)8-12(10)13/h6-8,10,15H,2-5,9H2,1H3. The quantitative estimate of drug-likeness (QED) is 0.745. The lowest BCUT2D eigenvalue weighted by molar-refractivity contribution is 0.596. The van der Waals surface area contributed by atoms with Crippen LogP contribution in [0.1, 0.15) is 44.1 Å². The lowest BCUT2D eigenvalue weighted by atomic mass is 9.95. The van der Waals surface area contributed by atoms with Gasteiger partial charge >= 0.3 is 0 Å². The van der Waals surface area contributed by atoms with Gasteiger partial charge < -0.3 is 5.32 Å². The third-order valence-corrected chi connectivity index (χ3v) is 3.38. The van der Waals surface area contributed by atoms with Crippen LogP contribution in [0.2, 0.25) is 5.02 Å². The third-order valence-electron chi connectivity index (χ3n) is 3.15. The van der Waals surface area contributed by atoms with Gasteiger partial charge in [0.2, 0.25) is 0 Å². The molecule has 82 valence electrons. The minimum Gasteiger partial charge on any atom is -0.384 e. The van der Waals surface area contributed by atoms with Crippen LogP contribution in [0.5, 0.6) is 0 Å². The van der Waals surface area contributed by atoms with Crippen LogP contribution in [0, 0.1) is 0 Å². The molecule has 1 heterocycles. The molecule has 0 spiro atoms. The Hall–Kier alpha value is -0.690. The first-order valence-electron chi connectivity index (χ1n) is 5.84. The molecule has 1 aliphatic rings. The molecular formula is C13H18ClN. The van der Waals surface area contributed by atoms with E-state index in [1.807, 2.05) is 6.07 Å². The van der Waals surface area contributed by atoms with Crippen LogP contribution < -0.4 is 5.32 Å². The summed E-state index contributed by atoms with van der Waals surface area (Å²) in [5, 5.41) is 4.30. The van der Waals surface area contributed by atoms with Crippen molar-refractivity contribution in [2.24, 2.45) is 0 Å². The van der Waals surface area contributed by atoms with Crippen LogP contribution in [-0.4, -0.2) is 6.54 Å². The zero-order valence-electron chi connectivity index (χ0n) is 9.22. The van der Waals surface area contributed by atoms with Crippen LogP contribution in [0.3, 0.4) is 0 Å². The molecule has 1 aromatic carbocycles. The van der Waals surface area contributed by atoms with Crippen molar-refractivity contribution in [2.45, 2.75) is 38.5 Å². The van der Waals surface area contributed by atoms with Gasteiger partial charge in [-0.3, -0.25) is 0 Å². The average Bonchev–Trinajstić information content (AvgIpc) is 2.62. The molecule has 1 N–H and O–H groups in total. The zero-order valence-corrected chi connectivity index (χ0v) is 9.98. The summed E-state index contributed by atoms with van der Waals surface area (Å²) in [7, 11) is 0. The molecule has 0 bridgehead atoms. The van der Waals surface area contributed by atoms with Crippen LogP contribution in [0.25, 0.3) is 0 Å². The van der Waals surface area contributed by atoms with Gasteiger partial charge in [-0.05, 0) is 30.2 Å². The second kappa shape index (κ2) is 4.89. The van der Waals surface area contributed by atoms with E-state index in [1.54, 1.807) is 0 Å². The number of benzene rings is 1. The molecule has 1 atom stereocenters. The summed E-state index contributed by atoms with van der Waals surface area (Å²) in [6.07, 6.45) is 5.25. The Morgan fingerprint density at radius 2 is 2.27 bits per heavy atom. The maximum atomic E-state index is 6.02. The Labute approximate surface area is 96.8 Å². The van der Waals surface area contributed by atoms with Crippen molar-refractivity contribution >= 4 is 17.3 Å². The van der Waals surface area contributed by atoms with Crippen molar-refractivity contribution in [3.63, 3.8) is 0 Å². The summed E-state index contributed by atoms with van der Waals surface area (Å²) < 4.78 is 0. The molecule has 0 saturated carbocycles. The van der Waals surface area contributed by atoms with Crippen molar-refractivity contribution in [3.05, 3.63) is 28.8 Å². The highest BCUT2D eigenvalue weighted by atomic mass is 35.5. The number of anilines is 1. The van der Waals surface area contributed by atoms with Gasteiger partial charge in [0.1, 0.15) is 0 Å². The molecule has 1 nitrogen and oxygen atoms in total. The minimum atomic E-state index is 0.672. The molecule has 2 rings (SSSR count). The summed E-state index contributed by atoms with van der Waals surface area (Å²) in [6.45, 7) is 3.33. The highest BCUT2D eigenvalue weighted by Gasteiger charge is 2.21. The Balaban J connectivity index is 2.03. The third kappa shape index (κ3) is 2.46. The van der Waals surface area contributed by atoms with Gasteiger partial charge in [0, 0.05) is 23.2 Å². The maximum absolute atomic E-state index is 6.02. The van der Waals surface area contributed by atoms with Gasteiger partial charge in [-0.2, -0.15) is 0 Å². The number of hydrogen-bond acceptors (Lipinski definition) is 1. The second-order valence-corrected chi connectivity index (χ2v) is 4.74. The Morgan fingerprint density at radius 1 is 1.40 bits per heavy atom. The average molecular weight is 224 g/mol. The van der Waals surface area contributed by atoms with Crippen LogP contribution >= 0.6 is 11.6 Å². The van der Waals surface area contributed by atoms with E-state index in [0.717, 1.165) is 11.6 Å². The molecule has 0 aromatic heterocycles. The van der Waals surface area contributed by atoms with Crippen molar-refractivity contribution in [2.75, 3.05) is 11.9 Å². The number of unbranched alkanes of at least 4 members (excludes halogenated alkanes) is 2. The lowest BCUT2D eigenvalue weighted by Gasteiger charge is -2.09. The Morgan fingerprint density at radius 3 is 3.07 bits per heavy atom. The molecule has 1 aliphatic heterocycles. The first-order chi connectivity index (χ1) is 7.31. The predicted molar refractivity (Wildman–Crippen MR) is 66.8 cm³/mol. The zero-order chi connectivity index (χ0) is 10.7. The van der Waals surface area contributed by atoms with Crippen LogP contribution in [-0.2, 0) is 0 Å². The predicted octanol–water partition coefficient (Wildman–Crippen LogP) is 4.43. The van der Waals surface area contributed by atoms with Crippen molar-refractivity contribution in [3.8, 4) is 0 Å². The van der Waals surface area contributed by atoms with E-state index >= 15 is 0 Å². The number of nitrogens with one attached hydrogen (secondary N) is 1. The monoisotopic (exact) mass is 223 g/mol. The molecule has 0 saturated heterocycles. The van der Waals surface area contributed by atoms with E-state index in [-0.39, 0.29) is 0 Å². The number of fused-ring (bicyclic) bond motifs is 1. The summed E-state index contributed by atoms with van der Waals surface area (Å²) in [5.74, 6) is 0.672. The lowest BCUT2D eigenvalue weighted by Crippen LogP contribution is -2.01. The summed E-state index contributed by atoms with van der Waals surface area (Å²) in [5.41, 5.74) is 2.69. The molecule has 0 radical (unpaired) electrons. The molecule has 0 fully saturated rings. The summed E-state index contributed by atoms with van der Waals surface area (Å²) in [6, 6.07) is 6.17. The molecule has 1 unspecified atom stereocenters. The van der Waals surface area contributed by atoms with Crippen molar-refractivity contribution in [1.29, 1.82) is 0 Å². The van der Waals surface area contributed by atoms with Gasteiger partial charge in [-0.25, -0.2) is 0 Å². The fraction of sp³-hybridized carbons (Fsp3) is 0.538. The minimum absolute atomic E-state index is 0.672. The fourth-order valence-corrected chi connectivity index (χ4v) is 2.45. The summed E-state index contributed by atoms with van der Waals surface area (Å²) >= 11 is 6.02. The number of halogens is 1. The first kappa shape index (κ1) is 10.8. The normalized spacial score (nSPS) is 18.7. The van der Waals surface area contributed by atoms with Gasteiger partial charge in [0.15, 0.2) is 0 Å². The highest BCUT2D eigenvalue weighted by molar-refractivity contribution is 6.30. The van der Waals surface area contributed by atoms with E-state index in [4.69, 9.17) is 11.6 Å². The van der Waals surface area contributed by atoms with Gasteiger partial charge in [0.05, 0.1) is 0 Å². The molecule has 0 amide bonds. The van der Waals surface area contributed by atoms with Crippen LogP contribution in [0.4, 0.5) is 5.69 Å². The molecule has 0 aliphatic carbocycles. The molecule has 2 heteroatoms. The van der Waals surface area contributed by atoms with Crippen molar-refractivity contribution in [1.82, 2.24) is 0 Å². The van der Waals surface area contributed by atoms with E-state index in [2.05, 4.69) is 24.4 Å². The summed E-state index contributed by atoms with van der Waals surface area (Å²) in [4.78, 5) is 0. The van der Waals surface area contributed by atoms with Crippen molar-refractivity contribution < 1.29 is 0 Å². The molecule has 15 heavy (non-hydrogen) atoms. The van der Waals surface area contributed by atoms with E-state index in [9.17, 15) is 0 Å². The van der Waals surface area contributed by atoms with E-state index in [1.165, 1.54) is 36.9 Å². The largest absolute Gasteiger partial charge is 0.384 e. The van der Waals surface area contributed by atoms with E-state index < -0.39 is 0 Å². The number of hydrogen-bond donors (Lipinski definition) is 1. The Bertz CT molecular complexity index is 335. The van der Waals surface area contributed by atoms with Crippen LogP contribution in [0.15, 0.2) is 18.2 Å².